The molecule has 7 heteroatoms. The van der Waals surface area contributed by atoms with Crippen molar-refractivity contribution in [2.24, 2.45) is 0 Å². The highest BCUT2D eigenvalue weighted by molar-refractivity contribution is 5.84. The van der Waals surface area contributed by atoms with Crippen molar-refractivity contribution in [3.63, 3.8) is 0 Å². The topological polar surface area (TPSA) is 81.1 Å². The first-order valence-electron chi connectivity index (χ1n) is 9.43. The van der Waals surface area contributed by atoms with Gasteiger partial charge in [-0.25, -0.2) is 0 Å². The van der Waals surface area contributed by atoms with Gasteiger partial charge in [0.15, 0.2) is 5.82 Å². The van der Waals surface area contributed by atoms with Crippen LogP contribution in [0.15, 0.2) is 48.5 Å². The maximum atomic E-state index is 12.6. The van der Waals surface area contributed by atoms with Gasteiger partial charge in [-0.15, -0.1) is 5.10 Å². The van der Waals surface area contributed by atoms with E-state index in [1.165, 1.54) is 4.68 Å². The second-order valence-electron chi connectivity index (χ2n) is 6.79. The fourth-order valence-corrected chi connectivity index (χ4v) is 3.27. The minimum absolute atomic E-state index is 0.0648. The Kier molecular flexibility index (Phi) is 4.97. The number of carbonyl (C=O) groups excluding carboxylic acids is 1. The lowest BCUT2D eigenvalue weighted by atomic mass is 10.1. The molecule has 1 atom stereocenters. The van der Waals surface area contributed by atoms with Crippen molar-refractivity contribution >= 4 is 17.5 Å². The Labute approximate surface area is 163 Å². The molecular weight excluding hydrogens is 354 g/mol. The molecule has 0 radical (unpaired) electrons. The van der Waals surface area contributed by atoms with E-state index in [2.05, 4.69) is 20.7 Å². The Hall–Kier alpha value is -3.35. The number of benzene rings is 2. The lowest BCUT2D eigenvalue weighted by Gasteiger charge is -2.24. The van der Waals surface area contributed by atoms with Crippen LogP contribution in [0.2, 0.25) is 0 Å². The van der Waals surface area contributed by atoms with Crippen LogP contribution in [0.4, 0.5) is 11.6 Å². The van der Waals surface area contributed by atoms with Gasteiger partial charge in [-0.05, 0) is 32.0 Å². The van der Waals surface area contributed by atoms with Gasteiger partial charge < -0.3 is 15.4 Å². The number of hydrogen-bond acceptors (Lipinski definition) is 6. The highest BCUT2D eigenvalue weighted by Gasteiger charge is 2.27. The summed E-state index contributed by atoms with van der Waals surface area (Å²) in [4.78, 5) is 17.1. The fourth-order valence-electron chi connectivity index (χ4n) is 3.27. The maximum Gasteiger partial charge on any atom is 0.252 e. The summed E-state index contributed by atoms with van der Waals surface area (Å²) in [6.45, 7) is 5.15. The molecule has 4 rings (SSSR count). The summed E-state index contributed by atoms with van der Waals surface area (Å²) in [5.41, 5.74) is 2.93. The van der Waals surface area contributed by atoms with Gasteiger partial charge in [-0.2, -0.15) is 9.67 Å². The zero-order valence-corrected chi connectivity index (χ0v) is 16.0. The van der Waals surface area contributed by atoms with Crippen LogP contribution in [-0.2, 0) is 0 Å². The number of carbonyl (C=O) groups is 1. The van der Waals surface area contributed by atoms with Crippen molar-refractivity contribution in [3.8, 4) is 17.1 Å². The van der Waals surface area contributed by atoms with Crippen LogP contribution in [0.25, 0.3) is 11.4 Å². The number of rotatable bonds is 6. The molecule has 1 aliphatic heterocycles. The van der Waals surface area contributed by atoms with E-state index >= 15 is 0 Å². The van der Waals surface area contributed by atoms with Gasteiger partial charge in [0.25, 0.3) is 5.91 Å². The summed E-state index contributed by atoms with van der Waals surface area (Å²) in [5, 5.41) is 11.1. The van der Waals surface area contributed by atoms with E-state index in [1.54, 1.807) is 0 Å². The van der Waals surface area contributed by atoms with Crippen molar-refractivity contribution < 1.29 is 9.53 Å². The molecule has 2 heterocycles. The molecule has 0 fully saturated rings. The largest absolute Gasteiger partial charge is 0.492 e. The highest BCUT2D eigenvalue weighted by atomic mass is 16.5. The molecule has 1 aromatic heterocycles. The van der Waals surface area contributed by atoms with Crippen LogP contribution in [0.5, 0.6) is 5.75 Å². The van der Waals surface area contributed by atoms with E-state index in [0.717, 1.165) is 22.6 Å². The first-order chi connectivity index (χ1) is 13.6. The van der Waals surface area contributed by atoms with Crippen LogP contribution in [0.1, 0.15) is 23.7 Å². The number of nitrogens with one attached hydrogen (secondary N) is 2. The van der Waals surface area contributed by atoms with Crippen molar-refractivity contribution in [2.45, 2.75) is 26.3 Å². The number of nitrogens with zero attached hydrogens (tertiary/aromatic N) is 3. The molecule has 144 valence electrons. The van der Waals surface area contributed by atoms with E-state index in [-0.39, 0.29) is 11.9 Å². The van der Waals surface area contributed by atoms with Gasteiger partial charge >= 0.3 is 0 Å². The highest BCUT2D eigenvalue weighted by Crippen LogP contribution is 2.25. The number of para-hydroxylation sites is 2. The predicted octanol–water partition coefficient (Wildman–Crippen LogP) is 3.59. The summed E-state index contributed by atoms with van der Waals surface area (Å²) < 4.78 is 7.00. The number of anilines is 2. The molecule has 2 N–H and O–H groups in total. The average Bonchev–Trinajstić information content (AvgIpc) is 3.12. The van der Waals surface area contributed by atoms with E-state index < -0.39 is 0 Å². The first kappa shape index (κ1) is 18.0. The second-order valence-corrected chi connectivity index (χ2v) is 6.79. The number of hydrogen-bond donors (Lipinski definition) is 2. The van der Waals surface area contributed by atoms with E-state index in [1.807, 2.05) is 62.4 Å². The summed E-state index contributed by atoms with van der Waals surface area (Å²) in [7, 11) is 0. The van der Waals surface area contributed by atoms with Gasteiger partial charge in [-0.1, -0.05) is 35.9 Å². The lowest BCUT2D eigenvalue weighted by molar-refractivity contribution is 0.0874. The van der Waals surface area contributed by atoms with E-state index in [4.69, 9.17) is 4.74 Å². The summed E-state index contributed by atoms with van der Waals surface area (Å²) in [6.07, 6.45) is 0.341. The number of fused-ring (bicyclic) bond motifs is 1. The quantitative estimate of drug-likeness (QED) is 0.683. The third-order valence-electron chi connectivity index (χ3n) is 4.60. The van der Waals surface area contributed by atoms with Crippen molar-refractivity contribution in [3.05, 3.63) is 54.1 Å². The molecule has 0 amide bonds. The van der Waals surface area contributed by atoms with Crippen LogP contribution in [0, 0.1) is 6.92 Å². The Balaban J connectivity index is 1.49. The molecule has 1 aliphatic rings. The zero-order chi connectivity index (χ0) is 19.5. The summed E-state index contributed by atoms with van der Waals surface area (Å²) in [5.74, 6) is 1.77. The molecular formula is C21H23N5O2. The molecule has 0 aliphatic carbocycles. The Bertz CT molecular complexity index is 998. The van der Waals surface area contributed by atoms with Gasteiger partial charge in [0.1, 0.15) is 5.75 Å². The number of aromatic nitrogens is 3. The average molecular weight is 377 g/mol. The van der Waals surface area contributed by atoms with Gasteiger partial charge in [0.2, 0.25) is 5.95 Å². The molecule has 1 unspecified atom stereocenters. The molecule has 7 nitrogen and oxygen atoms in total. The Morgan fingerprint density at radius 1 is 1.25 bits per heavy atom. The molecule has 0 bridgehead atoms. The lowest BCUT2D eigenvalue weighted by Crippen LogP contribution is -2.38. The van der Waals surface area contributed by atoms with Crippen molar-refractivity contribution in [2.75, 3.05) is 23.8 Å². The minimum Gasteiger partial charge on any atom is -0.492 e. The van der Waals surface area contributed by atoms with Gasteiger partial charge in [0, 0.05) is 12.1 Å². The number of ether oxygens (including phenoxy) is 1. The monoisotopic (exact) mass is 377 g/mol. The Morgan fingerprint density at radius 3 is 2.93 bits per heavy atom. The van der Waals surface area contributed by atoms with Gasteiger partial charge in [0.05, 0.1) is 24.8 Å². The maximum absolute atomic E-state index is 12.6. The van der Waals surface area contributed by atoms with E-state index in [9.17, 15) is 4.79 Å². The Morgan fingerprint density at radius 2 is 2.11 bits per heavy atom. The van der Waals surface area contributed by atoms with Crippen LogP contribution in [0.3, 0.4) is 0 Å². The fraction of sp³-hybridized carbons (Fsp3) is 0.286. The van der Waals surface area contributed by atoms with Crippen LogP contribution >= 0.6 is 0 Å². The van der Waals surface area contributed by atoms with Crippen molar-refractivity contribution in [1.82, 2.24) is 14.8 Å². The molecule has 0 saturated carbocycles. The van der Waals surface area contributed by atoms with Gasteiger partial charge in [-0.3, -0.25) is 4.79 Å². The van der Waals surface area contributed by atoms with E-state index in [0.29, 0.717) is 31.3 Å². The third-order valence-corrected chi connectivity index (χ3v) is 4.60. The molecule has 2 aromatic carbocycles. The van der Waals surface area contributed by atoms with Crippen LogP contribution < -0.4 is 15.4 Å². The predicted molar refractivity (Wildman–Crippen MR) is 109 cm³/mol. The van der Waals surface area contributed by atoms with Crippen molar-refractivity contribution in [1.29, 1.82) is 0 Å². The van der Waals surface area contributed by atoms with Crippen LogP contribution in [-0.4, -0.2) is 39.9 Å². The molecule has 0 saturated heterocycles. The zero-order valence-electron chi connectivity index (χ0n) is 16.0. The summed E-state index contributed by atoms with van der Waals surface area (Å²) in [6, 6.07) is 15.6. The standard InChI is InChI=1S/C21H23N5O2/c1-3-28-18-10-5-4-9-17(18)22-13-16-12-19(27)26-21(23-16)24-20(25-26)15-8-6-7-14(2)11-15/h4-11,16,22H,3,12-13H2,1-2H3,(H,23,24,25). The number of aryl methyl sites for hydroxylation is 1. The molecule has 0 spiro atoms. The first-order valence-corrected chi connectivity index (χ1v) is 9.43. The smallest absolute Gasteiger partial charge is 0.252 e. The third kappa shape index (κ3) is 3.69. The normalized spacial score (nSPS) is 15.6. The minimum atomic E-state index is -0.0794. The molecule has 28 heavy (non-hydrogen) atoms. The second kappa shape index (κ2) is 7.72. The SMILES string of the molecule is CCOc1ccccc1NCC1CC(=O)n2nc(-c3cccc(C)c3)nc2N1. The molecule has 3 aromatic rings. The summed E-state index contributed by atoms with van der Waals surface area (Å²) >= 11 is 0.